The summed E-state index contributed by atoms with van der Waals surface area (Å²) in [5.41, 5.74) is 7.91. The molecule has 15 nitrogen and oxygen atoms in total. The van der Waals surface area contributed by atoms with Crippen molar-refractivity contribution in [3.63, 3.8) is 0 Å². The molecule has 0 radical (unpaired) electrons. The molecule has 0 bridgehead atoms. The molecular weight excluding hydrogens is 767 g/mol. The van der Waals surface area contributed by atoms with Crippen LogP contribution in [0.4, 0.5) is 14.7 Å². The fraction of sp³-hybridized carbons (Fsp3) is 0.450. The molecule has 17 heteroatoms. The maximum atomic E-state index is 14.0. The SMILES string of the molecule is CC(C)[C@H](NC(=O)N(C)Cc1csc(N)n1)C(=O)N[C@@H](Cc1ccccc1)[C@H](O)[C@@H](O)[C@H](Cc1ccccc1)NC(=O)[C@@H](NC(=O)N(C)Cc1nccs1)C(C)C. The molecule has 0 unspecified atom stereocenters. The number of amides is 6. The molecule has 0 fully saturated rings. The standard InChI is InChI=1S/C40H55N9O6S2/c1-24(2)32(46-39(54)48(5)21-28-23-57-38(41)43-28)36(52)44-29(19-26-13-9-7-10-14-26)34(50)35(51)30(20-27-15-11-8-12-16-27)45-37(53)33(25(3)4)47-40(55)49(6)22-31-42-17-18-56-31/h7-18,23-25,29-30,32-35,50-51H,19-22H2,1-6H3,(H2,41,43)(H,44,52)(H,45,53)(H,46,54)(H,47,55)/t29-,30-,32-,33-,34-,35-/m0/s1. The van der Waals surface area contributed by atoms with Crippen molar-refractivity contribution in [2.45, 2.75) is 90.0 Å². The van der Waals surface area contributed by atoms with E-state index in [0.717, 1.165) is 16.1 Å². The first kappa shape index (κ1) is 44.6. The highest BCUT2D eigenvalue weighted by Gasteiger charge is 2.38. The molecule has 0 aliphatic heterocycles. The summed E-state index contributed by atoms with van der Waals surface area (Å²) >= 11 is 2.68. The lowest BCUT2D eigenvalue weighted by Gasteiger charge is -2.35. The predicted molar refractivity (Wildman–Crippen MR) is 222 cm³/mol. The van der Waals surface area contributed by atoms with Crippen LogP contribution in [-0.4, -0.2) is 104 Å². The molecule has 6 amide bonds. The molecule has 2 heterocycles. The summed E-state index contributed by atoms with van der Waals surface area (Å²) in [6, 6.07) is 13.3. The maximum Gasteiger partial charge on any atom is 0.318 e. The highest BCUT2D eigenvalue weighted by atomic mass is 32.1. The van der Waals surface area contributed by atoms with E-state index in [1.807, 2.05) is 66.0 Å². The smallest absolute Gasteiger partial charge is 0.318 e. The number of carbonyl (C=O) groups excluding carboxylic acids is 4. The van der Waals surface area contributed by atoms with Gasteiger partial charge in [0.05, 0.1) is 30.9 Å². The number of rotatable bonds is 19. The van der Waals surface area contributed by atoms with Crippen LogP contribution in [-0.2, 0) is 35.5 Å². The quantitative estimate of drug-likeness (QED) is 0.0738. The predicted octanol–water partition coefficient (Wildman–Crippen LogP) is 3.39. The van der Waals surface area contributed by atoms with Crippen molar-refractivity contribution in [2.75, 3.05) is 19.8 Å². The number of anilines is 1. The zero-order valence-electron chi connectivity index (χ0n) is 33.2. The molecule has 6 atom stereocenters. The van der Waals surface area contributed by atoms with E-state index < -0.39 is 60.3 Å². The summed E-state index contributed by atoms with van der Waals surface area (Å²) in [5, 5.41) is 40.1. The second-order valence-corrected chi connectivity index (χ2v) is 16.6. The number of aliphatic hydroxyl groups excluding tert-OH is 2. The van der Waals surface area contributed by atoms with Gasteiger partial charge in [0, 0.05) is 31.1 Å². The third-order valence-electron chi connectivity index (χ3n) is 9.40. The molecule has 0 saturated heterocycles. The van der Waals surface area contributed by atoms with Gasteiger partial charge in [0.2, 0.25) is 11.8 Å². The first-order valence-electron chi connectivity index (χ1n) is 18.8. The molecule has 0 aliphatic carbocycles. The van der Waals surface area contributed by atoms with E-state index in [9.17, 15) is 29.4 Å². The summed E-state index contributed by atoms with van der Waals surface area (Å²) < 4.78 is 0. The molecule has 0 saturated carbocycles. The van der Waals surface area contributed by atoms with Crippen LogP contribution in [0.3, 0.4) is 0 Å². The van der Waals surface area contributed by atoms with Crippen molar-refractivity contribution in [1.29, 1.82) is 0 Å². The lowest BCUT2D eigenvalue weighted by molar-refractivity contribution is -0.129. The Morgan fingerprint density at radius 1 is 0.702 bits per heavy atom. The number of carbonyl (C=O) groups is 4. The second-order valence-electron chi connectivity index (χ2n) is 14.7. The van der Waals surface area contributed by atoms with Crippen molar-refractivity contribution >= 4 is 51.7 Å². The zero-order chi connectivity index (χ0) is 41.6. The number of hydrogen-bond donors (Lipinski definition) is 7. The minimum atomic E-state index is -1.60. The van der Waals surface area contributed by atoms with Gasteiger partial charge in [-0.05, 0) is 35.8 Å². The fourth-order valence-electron chi connectivity index (χ4n) is 6.14. The number of nitrogens with two attached hydrogens (primary N) is 1. The lowest BCUT2D eigenvalue weighted by atomic mass is 9.90. The van der Waals surface area contributed by atoms with Crippen LogP contribution in [0.25, 0.3) is 0 Å². The topological polar surface area (TPSA) is 215 Å². The first-order valence-corrected chi connectivity index (χ1v) is 20.5. The number of urea groups is 2. The number of benzene rings is 2. The summed E-state index contributed by atoms with van der Waals surface area (Å²) in [5.74, 6) is -1.81. The van der Waals surface area contributed by atoms with Gasteiger partial charge in [0.1, 0.15) is 29.3 Å². The highest BCUT2D eigenvalue weighted by Crippen LogP contribution is 2.18. The number of nitrogen functional groups attached to an aromatic ring is 1. The molecule has 8 N–H and O–H groups in total. The Balaban J connectivity index is 1.56. The van der Waals surface area contributed by atoms with Crippen LogP contribution in [0.1, 0.15) is 49.5 Å². The van der Waals surface area contributed by atoms with Gasteiger partial charge >= 0.3 is 12.1 Å². The molecule has 0 aliphatic rings. The Labute approximate surface area is 342 Å². The Hall–Kier alpha value is -5.10. The van der Waals surface area contributed by atoms with Crippen molar-refractivity contribution in [1.82, 2.24) is 41.0 Å². The van der Waals surface area contributed by atoms with Crippen molar-refractivity contribution in [3.8, 4) is 0 Å². The van der Waals surface area contributed by atoms with Gasteiger partial charge in [-0.15, -0.1) is 22.7 Å². The molecule has 2 aromatic heterocycles. The van der Waals surface area contributed by atoms with Gasteiger partial charge in [-0.1, -0.05) is 88.4 Å². The number of thiazole rings is 2. The van der Waals surface area contributed by atoms with E-state index in [2.05, 4.69) is 31.2 Å². The van der Waals surface area contributed by atoms with Crippen LogP contribution in [0.2, 0.25) is 0 Å². The summed E-state index contributed by atoms with van der Waals surface area (Å²) in [6.45, 7) is 7.60. The average molecular weight is 822 g/mol. The number of nitrogens with zero attached hydrogens (tertiary/aromatic N) is 4. The zero-order valence-corrected chi connectivity index (χ0v) is 34.8. The van der Waals surface area contributed by atoms with Gasteiger partial charge in [-0.25, -0.2) is 19.6 Å². The average Bonchev–Trinajstić information content (AvgIpc) is 3.86. The number of hydrogen-bond acceptors (Lipinski definition) is 11. The molecule has 308 valence electrons. The summed E-state index contributed by atoms with van der Waals surface area (Å²) in [7, 11) is 3.19. The Morgan fingerprint density at radius 3 is 1.54 bits per heavy atom. The van der Waals surface area contributed by atoms with E-state index in [4.69, 9.17) is 5.73 Å². The number of nitrogens with one attached hydrogen (secondary N) is 4. The number of aliphatic hydroxyl groups is 2. The van der Waals surface area contributed by atoms with Gasteiger partial charge in [0.15, 0.2) is 5.13 Å². The normalized spacial score (nSPS) is 14.5. The van der Waals surface area contributed by atoms with E-state index in [0.29, 0.717) is 10.8 Å². The van der Waals surface area contributed by atoms with Gasteiger partial charge < -0.3 is 47.0 Å². The van der Waals surface area contributed by atoms with Gasteiger partial charge in [-0.2, -0.15) is 0 Å². The van der Waals surface area contributed by atoms with E-state index in [1.54, 1.807) is 53.4 Å². The minimum absolute atomic E-state index is 0.122. The van der Waals surface area contributed by atoms with Gasteiger partial charge in [-0.3, -0.25) is 9.59 Å². The van der Waals surface area contributed by atoms with Crippen LogP contribution in [0.15, 0.2) is 77.6 Å². The lowest BCUT2D eigenvalue weighted by Crippen LogP contribution is -2.62. The first-order chi connectivity index (χ1) is 27.1. The Morgan fingerprint density at radius 2 is 1.16 bits per heavy atom. The maximum absolute atomic E-state index is 14.0. The Bertz CT molecular complexity index is 1860. The summed E-state index contributed by atoms with van der Waals surface area (Å²) in [6.07, 6.45) is -1.29. The van der Waals surface area contributed by atoms with Crippen molar-refractivity contribution in [3.05, 3.63) is 99.4 Å². The van der Waals surface area contributed by atoms with E-state index >= 15 is 0 Å². The van der Waals surface area contributed by atoms with Crippen molar-refractivity contribution in [2.24, 2.45) is 11.8 Å². The number of aromatic nitrogens is 2. The molecule has 4 rings (SSSR count). The highest BCUT2D eigenvalue weighted by molar-refractivity contribution is 7.13. The van der Waals surface area contributed by atoms with Gasteiger partial charge in [0.25, 0.3) is 0 Å². The van der Waals surface area contributed by atoms with E-state index in [1.165, 1.54) is 32.5 Å². The Kier molecular flexibility index (Phi) is 16.8. The second kappa shape index (κ2) is 21.4. The van der Waals surface area contributed by atoms with Crippen LogP contribution in [0, 0.1) is 11.8 Å². The third-order valence-corrected chi connectivity index (χ3v) is 10.9. The molecule has 57 heavy (non-hydrogen) atoms. The van der Waals surface area contributed by atoms with Crippen LogP contribution < -0.4 is 27.0 Å². The van der Waals surface area contributed by atoms with Crippen LogP contribution >= 0.6 is 22.7 Å². The van der Waals surface area contributed by atoms with Crippen LogP contribution in [0.5, 0.6) is 0 Å². The molecule has 2 aromatic carbocycles. The fourth-order valence-corrected chi connectivity index (χ4v) is 7.37. The molecule has 4 aromatic rings. The van der Waals surface area contributed by atoms with Crippen molar-refractivity contribution < 1.29 is 29.4 Å². The largest absolute Gasteiger partial charge is 0.388 e. The molecular formula is C40H55N9O6S2. The summed E-state index contributed by atoms with van der Waals surface area (Å²) in [4.78, 5) is 65.7. The minimum Gasteiger partial charge on any atom is -0.388 e. The molecule has 0 spiro atoms. The van der Waals surface area contributed by atoms with E-state index in [-0.39, 0.29) is 37.8 Å². The monoisotopic (exact) mass is 821 g/mol. The third kappa shape index (κ3) is 13.5.